The normalized spacial score (nSPS) is 16.8. The largest absolute Gasteiger partial charge is 0.481 e. The van der Waals surface area contributed by atoms with Gasteiger partial charge in [-0.1, -0.05) is 22.9 Å². The van der Waals surface area contributed by atoms with E-state index in [9.17, 15) is 9.59 Å². The lowest BCUT2D eigenvalue weighted by Gasteiger charge is -2.14. The van der Waals surface area contributed by atoms with E-state index in [0.29, 0.717) is 18.7 Å². The van der Waals surface area contributed by atoms with Crippen molar-refractivity contribution in [3.63, 3.8) is 0 Å². The van der Waals surface area contributed by atoms with Gasteiger partial charge in [-0.2, -0.15) is 0 Å². The molecule has 1 aliphatic heterocycles. The van der Waals surface area contributed by atoms with Crippen LogP contribution in [0, 0.1) is 19.8 Å². The van der Waals surface area contributed by atoms with Gasteiger partial charge in [0.1, 0.15) is 0 Å². The predicted octanol–water partition coefficient (Wildman–Crippen LogP) is 1.85. The summed E-state index contributed by atoms with van der Waals surface area (Å²) in [5.74, 6) is -1.61. The highest BCUT2D eigenvalue weighted by molar-refractivity contribution is 5.94. The molecule has 2 aromatic rings. The lowest BCUT2D eigenvalue weighted by atomic mass is 10.1. The number of carboxylic acid groups (broad SMARTS) is 1. The van der Waals surface area contributed by atoms with E-state index in [1.165, 1.54) is 4.90 Å². The molecule has 0 saturated carbocycles. The molecule has 0 spiro atoms. The summed E-state index contributed by atoms with van der Waals surface area (Å²) < 4.78 is 1.62. The number of nitrogens with zero attached hydrogens (tertiary/aromatic N) is 4. The fourth-order valence-electron chi connectivity index (χ4n) is 2.75. The number of halogens is 1. The van der Waals surface area contributed by atoms with Crippen LogP contribution in [0.2, 0.25) is 0 Å². The van der Waals surface area contributed by atoms with Gasteiger partial charge in [0, 0.05) is 13.1 Å². The highest BCUT2D eigenvalue weighted by Crippen LogP contribution is 2.20. The lowest BCUT2D eigenvalue weighted by molar-refractivity contribution is -0.141. The number of aryl methyl sites for hydroxylation is 1. The molecule has 128 valence electrons. The topological polar surface area (TPSA) is 88.3 Å². The van der Waals surface area contributed by atoms with Gasteiger partial charge in [-0.05, 0) is 32.4 Å². The van der Waals surface area contributed by atoms with Crippen molar-refractivity contribution in [3.05, 3.63) is 41.2 Å². The van der Waals surface area contributed by atoms with Crippen molar-refractivity contribution in [2.45, 2.75) is 20.3 Å². The highest BCUT2D eigenvalue weighted by Gasteiger charge is 2.33. The van der Waals surface area contributed by atoms with E-state index in [1.54, 1.807) is 11.6 Å². The molecule has 8 heteroatoms. The van der Waals surface area contributed by atoms with Crippen LogP contribution in [0.5, 0.6) is 0 Å². The number of aromatic nitrogens is 3. The molecule has 1 atom stereocenters. The Bertz CT molecular complexity index is 757. The van der Waals surface area contributed by atoms with E-state index in [-0.39, 0.29) is 30.6 Å². The first-order chi connectivity index (χ1) is 11.0. The van der Waals surface area contributed by atoms with Crippen LogP contribution < -0.4 is 0 Å². The summed E-state index contributed by atoms with van der Waals surface area (Å²) in [4.78, 5) is 25.1. The third kappa shape index (κ3) is 3.26. The van der Waals surface area contributed by atoms with Gasteiger partial charge >= 0.3 is 5.97 Å². The number of hydrogen-bond donors (Lipinski definition) is 1. The van der Waals surface area contributed by atoms with E-state index >= 15 is 0 Å². The quantitative estimate of drug-likeness (QED) is 0.912. The van der Waals surface area contributed by atoms with Crippen molar-refractivity contribution in [1.82, 2.24) is 19.9 Å². The fraction of sp³-hybridized carbons (Fsp3) is 0.375. The maximum atomic E-state index is 12.6. The minimum absolute atomic E-state index is 0. The second-order valence-corrected chi connectivity index (χ2v) is 5.85. The average Bonchev–Trinajstić information content (AvgIpc) is 3.15. The molecular formula is C16H19ClN4O3. The van der Waals surface area contributed by atoms with Gasteiger partial charge in [-0.3, -0.25) is 9.59 Å². The summed E-state index contributed by atoms with van der Waals surface area (Å²) in [5, 5.41) is 17.1. The maximum absolute atomic E-state index is 12.6. The summed E-state index contributed by atoms with van der Waals surface area (Å²) in [5.41, 5.74) is 2.90. The molecule has 1 aromatic heterocycles. The fourth-order valence-corrected chi connectivity index (χ4v) is 2.75. The van der Waals surface area contributed by atoms with E-state index < -0.39 is 11.9 Å². The van der Waals surface area contributed by atoms with E-state index in [0.717, 1.165) is 11.3 Å². The van der Waals surface area contributed by atoms with Gasteiger partial charge in [0.05, 0.1) is 17.3 Å². The Morgan fingerprint density at radius 2 is 1.88 bits per heavy atom. The first kappa shape index (κ1) is 17.9. The zero-order valence-corrected chi connectivity index (χ0v) is 14.3. The molecule has 1 N–H and O–H groups in total. The number of carbonyl (C=O) groups excluding carboxylic acids is 1. The molecule has 3 rings (SSSR count). The van der Waals surface area contributed by atoms with Gasteiger partial charge in [0.15, 0.2) is 5.69 Å². The van der Waals surface area contributed by atoms with Crippen molar-refractivity contribution >= 4 is 24.3 Å². The molecule has 0 bridgehead atoms. The summed E-state index contributed by atoms with van der Waals surface area (Å²) in [7, 11) is 0. The molecule has 2 heterocycles. The molecule has 1 fully saturated rings. The number of rotatable bonds is 3. The van der Waals surface area contributed by atoms with Gasteiger partial charge in [-0.25, -0.2) is 4.68 Å². The first-order valence-corrected chi connectivity index (χ1v) is 7.49. The molecule has 24 heavy (non-hydrogen) atoms. The van der Waals surface area contributed by atoms with Crippen molar-refractivity contribution in [1.29, 1.82) is 0 Å². The molecule has 1 saturated heterocycles. The second kappa shape index (κ2) is 7.00. The van der Waals surface area contributed by atoms with E-state index in [4.69, 9.17) is 5.11 Å². The molecule has 0 aliphatic carbocycles. The SMILES string of the molecule is Cc1ccc(-n2nnc(C(=O)N3CCC(C(=O)O)C3)c2C)cc1.Cl. The van der Waals surface area contributed by atoms with Crippen molar-refractivity contribution < 1.29 is 14.7 Å². The van der Waals surface area contributed by atoms with Gasteiger partial charge in [0.2, 0.25) is 0 Å². The molecule has 7 nitrogen and oxygen atoms in total. The molecule has 0 radical (unpaired) electrons. The number of amides is 1. The van der Waals surface area contributed by atoms with Gasteiger partial charge in [-0.15, -0.1) is 17.5 Å². The minimum Gasteiger partial charge on any atom is -0.481 e. The Morgan fingerprint density at radius 1 is 1.21 bits per heavy atom. The van der Waals surface area contributed by atoms with E-state index in [2.05, 4.69) is 10.3 Å². The number of carbonyl (C=O) groups is 2. The number of hydrogen-bond acceptors (Lipinski definition) is 4. The number of benzene rings is 1. The zero-order valence-electron chi connectivity index (χ0n) is 13.5. The summed E-state index contributed by atoms with van der Waals surface area (Å²) >= 11 is 0. The Labute approximate surface area is 145 Å². The summed E-state index contributed by atoms with van der Waals surface area (Å²) in [6.45, 7) is 4.45. The standard InChI is InChI=1S/C16H18N4O3.ClH/c1-10-3-5-13(6-4-10)20-11(2)14(17-18-20)15(21)19-8-7-12(9-19)16(22)23;/h3-6,12H,7-9H2,1-2H3,(H,22,23);1H. The average molecular weight is 351 g/mol. The minimum atomic E-state index is -0.861. The number of likely N-dealkylation sites (tertiary alicyclic amines) is 1. The second-order valence-electron chi connectivity index (χ2n) is 5.85. The third-order valence-corrected chi connectivity index (χ3v) is 4.20. The highest BCUT2D eigenvalue weighted by atomic mass is 35.5. The van der Waals surface area contributed by atoms with E-state index in [1.807, 2.05) is 31.2 Å². The smallest absolute Gasteiger partial charge is 0.308 e. The lowest BCUT2D eigenvalue weighted by Crippen LogP contribution is -2.30. The molecular weight excluding hydrogens is 332 g/mol. The Balaban J connectivity index is 0.00000208. The molecule has 1 aliphatic rings. The monoisotopic (exact) mass is 350 g/mol. The van der Waals surface area contributed by atoms with Crippen molar-refractivity contribution in [2.24, 2.45) is 5.92 Å². The number of aliphatic carboxylic acids is 1. The predicted molar refractivity (Wildman–Crippen MR) is 89.7 cm³/mol. The van der Waals surface area contributed by atoms with Crippen LogP contribution in [0.4, 0.5) is 0 Å². The Morgan fingerprint density at radius 3 is 2.46 bits per heavy atom. The van der Waals surface area contributed by atoms with Crippen LogP contribution in [0.3, 0.4) is 0 Å². The summed E-state index contributed by atoms with van der Waals surface area (Å²) in [6, 6.07) is 7.77. The molecule has 1 unspecified atom stereocenters. The zero-order chi connectivity index (χ0) is 16.6. The van der Waals surface area contributed by atoms with Crippen LogP contribution in [-0.4, -0.2) is 50.0 Å². The van der Waals surface area contributed by atoms with Crippen molar-refractivity contribution in [2.75, 3.05) is 13.1 Å². The van der Waals surface area contributed by atoms with Gasteiger partial charge in [0.25, 0.3) is 5.91 Å². The van der Waals surface area contributed by atoms with Crippen LogP contribution in [0.1, 0.15) is 28.2 Å². The molecule has 1 aromatic carbocycles. The van der Waals surface area contributed by atoms with Crippen molar-refractivity contribution in [3.8, 4) is 5.69 Å². The van der Waals surface area contributed by atoms with Gasteiger partial charge < -0.3 is 10.0 Å². The first-order valence-electron chi connectivity index (χ1n) is 7.49. The van der Waals surface area contributed by atoms with Crippen LogP contribution in [0.15, 0.2) is 24.3 Å². The summed E-state index contributed by atoms with van der Waals surface area (Å²) in [6.07, 6.45) is 0.478. The van der Waals surface area contributed by atoms with Crippen LogP contribution in [0.25, 0.3) is 5.69 Å². The Kier molecular flexibility index (Phi) is 5.23. The number of carboxylic acids is 1. The Hall–Kier alpha value is -2.41. The maximum Gasteiger partial charge on any atom is 0.308 e. The molecule has 1 amide bonds. The van der Waals surface area contributed by atoms with Crippen LogP contribution in [-0.2, 0) is 4.79 Å². The van der Waals surface area contributed by atoms with Crippen LogP contribution >= 0.6 is 12.4 Å². The third-order valence-electron chi connectivity index (χ3n) is 4.20.